The highest BCUT2D eigenvalue weighted by atomic mass is 32.1. The van der Waals surface area contributed by atoms with E-state index in [9.17, 15) is 9.59 Å². The Morgan fingerprint density at radius 2 is 2.03 bits per heavy atom. The van der Waals surface area contributed by atoms with Crippen molar-refractivity contribution in [2.24, 2.45) is 0 Å². The van der Waals surface area contributed by atoms with Gasteiger partial charge in [0, 0.05) is 10.4 Å². The van der Waals surface area contributed by atoms with Crippen molar-refractivity contribution in [1.29, 1.82) is 0 Å². The van der Waals surface area contributed by atoms with Gasteiger partial charge in [0.2, 0.25) is 0 Å². The number of fused-ring (bicyclic) bond motifs is 3. The highest BCUT2D eigenvalue weighted by molar-refractivity contribution is 7.18. The molecule has 158 valence electrons. The number of aromatic nitrogens is 2. The smallest absolute Gasteiger partial charge is 0.344 e. The summed E-state index contributed by atoms with van der Waals surface area (Å²) in [5.74, 6) is 0.902. The lowest BCUT2D eigenvalue weighted by Crippen LogP contribution is -2.15. The van der Waals surface area contributed by atoms with Crippen LogP contribution in [0.3, 0.4) is 0 Å². The molecule has 1 aliphatic rings. The molecule has 0 spiro atoms. The van der Waals surface area contributed by atoms with Crippen molar-refractivity contribution >= 4 is 27.5 Å². The molecule has 0 saturated heterocycles. The normalized spacial score (nSPS) is 13.5. The highest BCUT2D eigenvalue weighted by Crippen LogP contribution is 2.35. The summed E-state index contributed by atoms with van der Waals surface area (Å²) in [4.78, 5) is 34.2. The van der Waals surface area contributed by atoms with Gasteiger partial charge in [-0.3, -0.25) is 4.79 Å². The molecule has 2 aromatic heterocycles. The molecular weight excluding hydrogens is 404 g/mol. The van der Waals surface area contributed by atoms with Gasteiger partial charge in [0.05, 0.1) is 19.1 Å². The molecule has 30 heavy (non-hydrogen) atoms. The van der Waals surface area contributed by atoms with Crippen LogP contribution in [-0.4, -0.2) is 36.3 Å². The maximum Gasteiger partial charge on any atom is 0.344 e. The third kappa shape index (κ3) is 4.05. The van der Waals surface area contributed by atoms with Crippen LogP contribution in [0.5, 0.6) is 11.5 Å². The van der Waals surface area contributed by atoms with Gasteiger partial charge in [0.15, 0.2) is 18.1 Å². The summed E-state index contributed by atoms with van der Waals surface area (Å²) in [7, 11) is 1.52. The fourth-order valence-corrected chi connectivity index (χ4v) is 5.01. The van der Waals surface area contributed by atoms with Crippen LogP contribution in [-0.2, 0) is 22.4 Å². The Morgan fingerprint density at radius 1 is 1.20 bits per heavy atom. The van der Waals surface area contributed by atoms with Crippen LogP contribution < -0.4 is 15.0 Å². The minimum Gasteiger partial charge on any atom is -0.493 e. The lowest BCUT2D eigenvalue weighted by Gasteiger charge is -2.11. The molecule has 3 aromatic rings. The summed E-state index contributed by atoms with van der Waals surface area (Å²) in [5, 5.41) is 0.738. The van der Waals surface area contributed by atoms with E-state index in [2.05, 4.69) is 4.98 Å². The molecule has 7 nitrogen and oxygen atoms in total. The number of aryl methyl sites for hydroxylation is 2. The van der Waals surface area contributed by atoms with Crippen LogP contribution in [0.15, 0.2) is 23.0 Å². The number of carbonyl (C=O) groups is 1. The zero-order chi connectivity index (χ0) is 21.1. The maximum atomic E-state index is 12.9. The van der Waals surface area contributed by atoms with E-state index >= 15 is 0 Å². The number of carbonyl (C=O) groups excluding carboxylic acids is 1. The predicted octanol–water partition coefficient (Wildman–Crippen LogP) is 3.87. The minimum atomic E-state index is -0.447. The van der Waals surface area contributed by atoms with Crippen LogP contribution in [0, 0.1) is 0 Å². The average molecular weight is 429 g/mol. The van der Waals surface area contributed by atoms with E-state index in [1.807, 2.05) is 0 Å². The van der Waals surface area contributed by atoms with Crippen LogP contribution in [0.4, 0.5) is 0 Å². The lowest BCUT2D eigenvalue weighted by molar-refractivity contribution is -0.145. The molecule has 0 atom stereocenters. The average Bonchev–Trinajstić information content (AvgIpc) is 2.94. The molecule has 4 rings (SSSR count). The Balaban J connectivity index is 1.66. The Bertz CT molecular complexity index is 1130. The molecule has 0 radical (unpaired) electrons. The van der Waals surface area contributed by atoms with Gasteiger partial charge in [-0.05, 0) is 56.4 Å². The largest absolute Gasteiger partial charge is 0.493 e. The molecule has 1 N–H and O–H groups in total. The van der Waals surface area contributed by atoms with Crippen LogP contribution in [0.1, 0.15) is 36.6 Å². The number of H-pyrrole nitrogens is 1. The number of hydrogen-bond acceptors (Lipinski definition) is 7. The maximum absolute atomic E-state index is 12.9. The van der Waals surface area contributed by atoms with E-state index in [0.29, 0.717) is 29.5 Å². The van der Waals surface area contributed by atoms with E-state index in [1.54, 1.807) is 36.5 Å². The zero-order valence-electron chi connectivity index (χ0n) is 17.1. The van der Waals surface area contributed by atoms with Crippen LogP contribution in [0.2, 0.25) is 0 Å². The number of benzene rings is 1. The summed E-state index contributed by atoms with van der Waals surface area (Å²) in [6.07, 6.45) is 5.45. The number of nitrogens with one attached hydrogen (secondary N) is 1. The monoisotopic (exact) mass is 428 g/mol. The van der Waals surface area contributed by atoms with Crippen molar-refractivity contribution in [2.45, 2.75) is 39.0 Å². The van der Waals surface area contributed by atoms with Crippen molar-refractivity contribution in [3.05, 3.63) is 39.0 Å². The van der Waals surface area contributed by atoms with Crippen molar-refractivity contribution in [3.63, 3.8) is 0 Å². The topological polar surface area (TPSA) is 90.5 Å². The first-order valence-corrected chi connectivity index (χ1v) is 10.9. The number of rotatable bonds is 6. The van der Waals surface area contributed by atoms with Gasteiger partial charge >= 0.3 is 5.97 Å². The van der Waals surface area contributed by atoms with Crippen molar-refractivity contribution in [1.82, 2.24) is 9.97 Å². The number of ether oxygens (including phenoxy) is 3. The Kier molecular flexibility index (Phi) is 6.03. The van der Waals surface area contributed by atoms with Crippen molar-refractivity contribution in [2.75, 3.05) is 20.3 Å². The highest BCUT2D eigenvalue weighted by Gasteiger charge is 2.20. The Labute approximate surface area is 178 Å². The van der Waals surface area contributed by atoms with Gasteiger partial charge in [-0.25, -0.2) is 9.78 Å². The standard InChI is InChI=1S/C22H24N2O5S/c1-3-28-18(25)12-29-15-10-9-13(11-16(15)27-2)20-23-21(26)19-14-7-5-4-6-8-17(14)30-22(19)24-20/h9-11H,3-8,12H2,1-2H3,(H,23,24,26). The summed E-state index contributed by atoms with van der Waals surface area (Å²) in [6, 6.07) is 5.22. The molecule has 0 unspecified atom stereocenters. The number of hydrogen-bond donors (Lipinski definition) is 1. The van der Waals surface area contributed by atoms with Crippen molar-refractivity contribution in [3.8, 4) is 22.9 Å². The van der Waals surface area contributed by atoms with E-state index in [4.69, 9.17) is 19.2 Å². The minimum absolute atomic E-state index is 0.101. The van der Waals surface area contributed by atoms with Crippen LogP contribution in [0.25, 0.3) is 21.6 Å². The van der Waals surface area contributed by atoms with E-state index in [0.717, 1.165) is 35.9 Å². The molecule has 0 fully saturated rings. The van der Waals surface area contributed by atoms with Crippen molar-refractivity contribution < 1.29 is 19.0 Å². The third-order valence-electron chi connectivity index (χ3n) is 5.16. The molecule has 0 aliphatic heterocycles. The third-order valence-corrected chi connectivity index (χ3v) is 6.35. The number of esters is 1. The van der Waals surface area contributed by atoms with Gasteiger partial charge < -0.3 is 19.2 Å². The molecule has 0 saturated carbocycles. The Morgan fingerprint density at radius 3 is 2.83 bits per heavy atom. The number of thiophene rings is 1. The summed E-state index contributed by atoms with van der Waals surface area (Å²) in [6.45, 7) is 1.83. The molecule has 1 aliphatic carbocycles. The molecule has 0 amide bonds. The fourth-order valence-electron chi connectivity index (χ4n) is 3.75. The Hall–Kier alpha value is -2.87. The summed E-state index contributed by atoms with van der Waals surface area (Å²) >= 11 is 1.63. The van der Waals surface area contributed by atoms with Gasteiger partial charge in [-0.15, -0.1) is 11.3 Å². The fraction of sp³-hybridized carbons (Fsp3) is 0.409. The quantitative estimate of drug-likeness (QED) is 0.473. The van der Waals surface area contributed by atoms with Gasteiger partial charge in [-0.1, -0.05) is 6.42 Å². The second-order valence-electron chi connectivity index (χ2n) is 7.12. The molecule has 1 aromatic carbocycles. The van der Waals surface area contributed by atoms with Gasteiger partial charge in [-0.2, -0.15) is 0 Å². The lowest BCUT2D eigenvalue weighted by atomic mass is 10.1. The molecule has 8 heteroatoms. The zero-order valence-corrected chi connectivity index (χ0v) is 17.9. The number of aromatic amines is 1. The second kappa shape index (κ2) is 8.87. The summed E-state index contributed by atoms with van der Waals surface area (Å²) in [5.41, 5.74) is 1.78. The molecular formula is C22H24N2O5S. The van der Waals surface area contributed by atoms with E-state index in [1.165, 1.54) is 24.0 Å². The van der Waals surface area contributed by atoms with Gasteiger partial charge in [0.25, 0.3) is 5.56 Å². The predicted molar refractivity (Wildman–Crippen MR) is 116 cm³/mol. The van der Waals surface area contributed by atoms with Crippen LogP contribution >= 0.6 is 11.3 Å². The van der Waals surface area contributed by atoms with Gasteiger partial charge in [0.1, 0.15) is 10.7 Å². The number of nitrogens with zero attached hydrogens (tertiary/aromatic N) is 1. The summed E-state index contributed by atoms with van der Waals surface area (Å²) < 4.78 is 15.8. The first-order valence-electron chi connectivity index (χ1n) is 10.1. The van der Waals surface area contributed by atoms with E-state index in [-0.39, 0.29) is 12.2 Å². The first-order chi connectivity index (χ1) is 14.6. The molecule has 2 heterocycles. The SMILES string of the molecule is CCOC(=O)COc1ccc(-c2nc3sc4c(c3c(=O)[nH]2)CCCCC4)cc1OC. The molecule has 0 bridgehead atoms. The second-order valence-corrected chi connectivity index (χ2v) is 8.20. The number of methoxy groups -OCH3 is 1. The van der Waals surface area contributed by atoms with E-state index < -0.39 is 5.97 Å². The first kappa shape index (κ1) is 20.4.